The molecule has 1 aromatic rings. The lowest BCUT2D eigenvalue weighted by Crippen LogP contribution is -2.47. The zero-order valence-corrected chi connectivity index (χ0v) is 12.1. The van der Waals surface area contributed by atoms with Crippen LogP contribution < -0.4 is 10.6 Å². The predicted octanol–water partition coefficient (Wildman–Crippen LogP) is 1.14. The minimum atomic E-state index is -0.623. The molecule has 0 fully saturated rings. The standard InChI is InChI=1S/C15H22N2O3/c1-10(16-15(20)11(2)17-12(3)18)9-14(19)13-7-5-4-6-8-13/h4-8,10-11,14,19H,9H2,1-3H3,(H,16,20)(H,17,18). The van der Waals surface area contributed by atoms with Crippen LogP contribution in [0.25, 0.3) is 0 Å². The SMILES string of the molecule is CC(=O)NC(C)C(=O)NC(C)CC(O)c1ccccc1. The van der Waals surface area contributed by atoms with E-state index in [1.54, 1.807) is 6.92 Å². The van der Waals surface area contributed by atoms with Crippen LogP contribution in [0.15, 0.2) is 30.3 Å². The first-order valence-electron chi connectivity index (χ1n) is 6.70. The van der Waals surface area contributed by atoms with Gasteiger partial charge in [-0.3, -0.25) is 9.59 Å². The minimum absolute atomic E-state index is 0.186. The third-order valence-electron chi connectivity index (χ3n) is 2.96. The summed E-state index contributed by atoms with van der Waals surface area (Å²) in [6.07, 6.45) is -0.203. The molecule has 3 unspecified atom stereocenters. The zero-order valence-electron chi connectivity index (χ0n) is 12.1. The van der Waals surface area contributed by atoms with Crippen molar-refractivity contribution in [2.24, 2.45) is 0 Å². The van der Waals surface area contributed by atoms with Gasteiger partial charge >= 0.3 is 0 Å². The molecule has 0 bridgehead atoms. The summed E-state index contributed by atoms with van der Waals surface area (Å²) in [5.41, 5.74) is 0.823. The van der Waals surface area contributed by atoms with Gasteiger partial charge in [0, 0.05) is 13.0 Å². The summed E-state index contributed by atoms with van der Waals surface area (Å²) in [5, 5.41) is 15.4. The smallest absolute Gasteiger partial charge is 0.242 e. The molecule has 0 heterocycles. The van der Waals surface area contributed by atoms with Crippen molar-refractivity contribution in [2.75, 3.05) is 0 Å². The van der Waals surface area contributed by atoms with E-state index in [4.69, 9.17) is 0 Å². The number of nitrogens with one attached hydrogen (secondary N) is 2. The summed E-state index contributed by atoms with van der Waals surface area (Å²) < 4.78 is 0. The molecule has 0 saturated carbocycles. The van der Waals surface area contributed by atoms with E-state index in [0.717, 1.165) is 5.56 Å². The largest absolute Gasteiger partial charge is 0.388 e. The molecule has 0 aliphatic rings. The Morgan fingerprint density at radius 1 is 1.15 bits per heavy atom. The first kappa shape index (κ1) is 16.2. The number of hydrogen-bond acceptors (Lipinski definition) is 3. The number of carbonyl (C=O) groups excluding carboxylic acids is 2. The van der Waals surface area contributed by atoms with Crippen molar-refractivity contribution >= 4 is 11.8 Å². The third-order valence-corrected chi connectivity index (χ3v) is 2.96. The Morgan fingerprint density at radius 2 is 1.75 bits per heavy atom. The van der Waals surface area contributed by atoms with E-state index < -0.39 is 12.1 Å². The summed E-state index contributed by atoms with van der Waals surface area (Å²) in [6.45, 7) is 4.81. The van der Waals surface area contributed by atoms with Gasteiger partial charge in [-0.05, 0) is 25.8 Å². The van der Waals surface area contributed by atoms with Crippen molar-refractivity contribution in [1.29, 1.82) is 0 Å². The van der Waals surface area contributed by atoms with Gasteiger partial charge in [-0.15, -0.1) is 0 Å². The molecule has 3 N–H and O–H groups in total. The molecule has 0 aromatic heterocycles. The van der Waals surface area contributed by atoms with Crippen LogP contribution in [0, 0.1) is 0 Å². The first-order valence-corrected chi connectivity index (χ1v) is 6.70. The minimum Gasteiger partial charge on any atom is -0.388 e. The molecule has 1 rings (SSSR count). The van der Waals surface area contributed by atoms with E-state index in [-0.39, 0.29) is 17.9 Å². The Morgan fingerprint density at radius 3 is 2.30 bits per heavy atom. The highest BCUT2D eigenvalue weighted by molar-refractivity contribution is 5.86. The van der Waals surface area contributed by atoms with Gasteiger partial charge in [0.15, 0.2) is 0 Å². The zero-order chi connectivity index (χ0) is 15.1. The first-order chi connectivity index (χ1) is 9.40. The summed E-state index contributed by atoms with van der Waals surface area (Å²) in [4.78, 5) is 22.7. The van der Waals surface area contributed by atoms with E-state index in [9.17, 15) is 14.7 Å². The highest BCUT2D eigenvalue weighted by Crippen LogP contribution is 2.17. The van der Waals surface area contributed by atoms with Crippen molar-refractivity contribution in [2.45, 2.75) is 45.4 Å². The summed E-state index contributed by atoms with van der Waals surface area (Å²) in [5.74, 6) is -0.502. The number of benzene rings is 1. The van der Waals surface area contributed by atoms with Crippen LogP contribution in [-0.2, 0) is 9.59 Å². The third kappa shape index (κ3) is 5.40. The number of amides is 2. The average molecular weight is 278 g/mol. The lowest BCUT2D eigenvalue weighted by atomic mass is 10.0. The normalized spacial score (nSPS) is 15.0. The van der Waals surface area contributed by atoms with Gasteiger partial charge in [0.2, 0.25) is 11.8 Å². The van der Waals surface area contributed by atoms with Crippen molar-refractivity contribution in [1.82, 2.24) is 10.6 Å². The van der Waals surface area contributed by atoms with Gasteiger partial charge in [0.05, 0.1) is 6.10 Å². The molecule has 0 saturated heterocycles. The molecule has 110 valence electrons. The second-order valence-electron chi connectivity index (χ2n) is 4.99. The summed E-state index contributed by atoms with van der Waals surface area (Å²) in [6, 6.07) is 8.54. The van der Waals surface area contributed by atoms with Crippen LogP contribution in [0.1, 0.15) is 38.9 Å². The maximum atomic E-state index is 11.8. The Balaban J connectivity index is 2.45. The van der Waals surface area contributed by atoms with Gasteiger partial charge in [-0.1, -0.05) is 30.3 Å². The number of rotatable bonds is 6. The van der Waals surface area contributed by atoms with Gasteiger partial charge in [-0.25, -0.2) is 0 Å². The van der Waals surface area contributed by atoms with Gasteiger partial charge < -0.3 is 15.7 Å². The quantitative estimate of drug-likeness (QED) is 0.730. The molecular weight excluding hydrogens is 256 g/mol. The molecular formula is C15H22N2O3. The Labute approximate surface area is 119 Å². The van der Waals surface area contributed by atoms with Crippen molar-refractivity contribution < 1.29 is 14.7 Å². The fourth-order valence-corrected chi connectivity index (χ4v) is 1.94. The molecule has 3 atom stereocenters. The maximum Gasteiger partial charge on any atom is 0.242 e. The Kier molecular flexibility index (Phi) is 6.18. The highest BCUT2D eigenvalue weighted by Gasteiger charge is 2.18. The van der Waals surface area contributed by atoms with Gasteiger partial charge in [0.1, 0.15) is 6.04 Å². The van der Waals surface area contributed by atoms with Crippen molar-refractivity contribution in [3.63, 3.8) is 0 Å². The molecule has 5 nitrogen and oxygen atoms in total. The molecule has 2 amide bonds. The molecule has 0 spiro atoms. The van der Waals surface area contributed by atoms with Crippen LogP contribution in [-0.4, -0.2) is 29.0 Å². The number of aliphatic hydroxyl groups is 1. The number of aliphatic hydroxyl groups excluding tert-OH is 1. The van der Waals surface area contributed by atoms with Crippen molar-refractivity contribution in [3.8, 4) is 0 Å². The van der Waals surface area contributed by atoms with Crippen LogP contribution >= 0.6 is 0 Å². The molecule has 20 heavy (non-hydrogen) atoms. The monoisotopic (exact) mass is 278 g/mol. The summed E-state index contributed by atoms with van der Waals surface area (Å²) in [7, 11) is 0. The molecule has 0 radical (unpaired) electrons. The molecule has 0 aliphatic carbocycles. The fraction of sp³-hybridized carbons (Fsp3) is 0.467. The Bertz CT molecular complexity index is 448. The van der Waals surface area contributed by atoms with Crippen LogP contribution in [0.2, 0.25) is 0 Å². The second-order valence-corrected chi connectivity index (χ2v) is 4.99. The van der Waals surface area contributed by atoms with Gasteiger partial charge in [-0.2, -0.15) is 0 Å². The number of hydrogen-bond donors (Lipinski definition) is 3. The molecule has 1 aromatic carbocycles. The maximum absolute atomic E-state index is 11.8. The van der Waals surface area contributed by atoms with Crippen LogP contribution in [0.3, 0.4) is 0 Å². The topological polar surface area (TPSA) is 78.4 Å². The van der Waals surface area contributed by atoms with Crippen LogP contribution in [0.5, 0.6) is 0 Å². The second kappa shape index (κ2) is 7.65. The molecule has 0 aliphatic heterocycles. The fourth-order valence-electron chi connectivity index (χ4n) is 1.94. The Hall–Kier alpha value is -1.88. The molecule has 5 heteroatoms. The lowest BCUT2D eigenvalue weighted by Gasteiger charge is -2.20. The van der Waals surface area contributed by atoms with E-state index in [2.05, 4.69) is 10.6 Å². The van der Waals surface area contributed by atoms with E-state index in [1.807, 2.05) is 37.3 Å². The average Bonchev–Trinajstić information content (AvgIpc) is 2.38. The van der Waals surface area contributed by atoms with E-state index in [1.165, 1.54) is 6.92 Å². The van der Waals surface area contributed by atoms with E-state index in [0.29, 0.717) is 6.42 Å². The lowest BCUT2D eigenvalue weighted by molar-refractivity contribution is -0.128. The van der Waals surface area contributed by atoms with Crippen molar-refractivity contribution in [3.05, 3.63) is 35.9 Å². The van der Waals surface area contributed by atoms with Gasteiger partial charge in [0.25, 0.3) is 0 Å². The predicted molar refractivity (Wildman–Crippen MR) is 76.9 cm³/mol. The summed E-state index contributed by atoms with van der Waals surface area (Å²) >= 11 is 0. The highest BCUT2D eigenvalue weighted by atomic mass is 16.3. The number of carbonyl (C=O) groups is 2. The van der Waals surface area contributed by atoms with E-state index >= 15 is 0 Å². The van der Waals surface area contributed by atoms with Crippen LogP contribution in [0.4, 0.5) is 0 Å².